The van der Waals surface area contributed by atoms with Crippen LogP contribution in [0, 0.1) is 0 Å². The van der Waals surface area contributed by atoms with E-state index in [0.29, 0.717) is 30.3 Å². The molecule has 5 nitrogen and oxygen atoms in total. The van der Waals surface area contributed by atoms with Gasteiger partial charge in [-0.3, -0.25) is 4.90 Å². The highest BCUT2D eigenvalue weighted by Crippen LogP contribution is 2.29. The molecule has 1 aromatic carbocycles. The minimum Gasteiger partial charge on any atom is -0.493 e. The summed E-state index contributed by atoms with van der Waals surface area (Å²) >= 11 is 0. The molecule has 1 heterocycles. The Morgan fingerprint density at radius 1 is 1.24 bits per heavy atom. The van der Waals surface area contributed by atoms with Crippen molar-refractivity contribution in [2.24, 2.45) is 0 Å². The minimum absolute atomic E-state index is 0.312. The number of hydrogen-bond acceptors (Lipinski definition) is 5. The molecule has 0 radical (unpaired) electrons. The topological polar surface area (TPSA) is 57.0 Å². The van der Waals surface area contributed by atoms with Crippen molar-refractivity contribution in [1.29, 1.82) is 0 Å². The Morgan fingerprint density at radius 3 is 2.62 bits per heavy atom. The van der Waals surface area contributed by atoms with Gasteiger partial charge in [-0.1, -0.05) is 0 Å². The highest BCUT2D eigenvalue weighted by molar-refractivity contribution is 5.51. The molecule has 1 saturated heterocycles. The Kier molecular flexibility index (Phi) is 5.70. The van der Waals surface area contributed by atoms with Crippen molar-refractivity contribution < 1.29 is 14.2 Å². The Labute approximate surface area is 127 Å². The molecule has 1 fully saturated rings. The molecule has 2 rings (SSSR count). The molecule has 0 amide bonds. The van der Waals surface area contributed by atoms with Crippen molar-refractivity contribution in [1.82, 2.24) is 4.90 Å². The minimum atomic E-state index is 0.312. The van der Waals surface area contributed by atoms with E-state index in [2.05, 4.69) is 18.7 Å². The Morgan fingerprint density at radius 2 is 1.95 bits per heavy atom. The molecule has 0 bridgehead atoms. The molecule has 1 aliphatic heterocycles. The lowest BCUT2D eigenvalue weighted by Crippen LogP contribution is -2.45. The number of hydrogen-bond donors (Lipinski definition) is 1. The predicted molar refractivity (Wildman–Crippen MR) is 84.0 cm³/mol. The fourth-order valence-corrected chi connectivity index (χ4v) is 2.74. The number of ether oxygens (including phenoxy) is 3. The SMILES string of the molecule is COc1cc(N)ccc1OCCCN1CC(C)OC(C)C1. The average molecular weight is 294 g/mol. The monoisotopic (exact) mass is 294 g/mol. The third-order valence-corrected chi connectivity index (χ3v) is 3.56. The van der Waals surface area contributed by atoms with Gasteiger partial charge in [-0.05, 0) is 32.4 Å². The highest BCUT2D eigenvalue weighted by atomic mass is 16.5. The summed E-state index contributed by atoms with van der Waals surface area (Å²) in [5.41, 5.74) is 6.40. The number of morpholine rings is 1. The summed E-state index contributed by atoms with van der Waals surface area (Å²) < 4.78 is 16.8. The summed E-state index contributed by atoms with van der Waals surface area (Å²) in [4.78, 5) is 2.43. The second kappa shape index (κ2) is 7.52. The average Bonchev–Trinajstić information content (AvgIpc) is 2.43. The lowest BCUT2D eigenvalue weighted by molar-refractivity contribution is -0.0686. The number of methoxy groups -OCH3 is 1. The molecule has 5 heteroatoms. The molecule has 2 atom stereocenters. The fraction of sp³-hybridized carbons (Fsp3) is 0.625. The third-order valence-electron chi connectivity index (χ3n) is 3.56. The van der Waals surface area contributed by atoms with Gasteiger partial charge in [-0.25, -0.2) is 0 Å². The van der Waals surface area contributed by atoms with Crippen LogP contribution < -0.4 is 15.2 Å². The zero-order valence-electron chi connectivity index (χ0n) is 13.2. The molecule has 0 saturated carbocycles. The van der Waals surface area contributed by atoms with E-state index in [9.17, 15) is 0 Å². The maximum atomic E-state index is 5.79. The molecule has 118 valence electrons. The molecular formula is C16H26N2O3. The van der Waals surface area contributed by atoms with Crippen LogP contribution in [0.15, 0.2) is 18.2 Å². The molecule has 0 spiro atoms. The summed E-state index contributed by atoms with van der Waals surface area (Å²) in [6, 6.07) is 5.46. The molecule has 0 aliphatic carbocycles. The van der Waals surface area contributed by atoms with Crippen LogP contribution in [0.25, 0.3) is 0 Å². The summed E-state index contributed by atoms with van der Waals surface area (Å²) in [5.74, 6) is 1.43. The van der Waals surface area contributed by atoms with Gasteiger partial charge < -0.3 is 19.9 Å². The zero-order valence-corrected chi connectivity index (χ0v) is 13.2. The highest BCUT2D eigenvalue weighted by Gasteiger charge is 2.21. The maximum Gasteiger partial charge on any atom is 0.162 e. The number of nitrogens with zero attached hydrogens (tertiary/aromatic N) is 1. The maximum absolute atomic E-state index is 5.79. The van der Waals surface area contributed by atoms with Crippen LogP contribution >= 0.6 is 0 Å². The number of nitrogens with two attached hydrogens (primary N) is 1. The van der Waals surface area contributed by atoms with Gasteiger partial charge >= 0.3 is 0 Å². The Hall–Kier alpha value is -1.46. The van der Waals surface area contributed by atoms with Crippen molar-refractivity contribution in [3.05, 3.63) is 18.2 Å². The summed E-state index contributed by atoms with van der Waals surface area (Å²) in [6.07, 6.45) is 1.60. The van der Waals surface area contributed by atoms with Crippen molar-refractivity contribution in [3.63, 3.8) is 0 Å². The number of nitrogen functional groups attached to an aromatic ring is 1. The van der Waals surface area contributed by atoms with Crippen LogP contribution in [0.2, 0.25) is 0 Å². The zero-order chi connectivity index (χ0) is 15.2. The van der Waals surface area contributed by atoms with Gasteiger partial charge in [-0.15, -0.1) is 0 Å². The molecule has 2 N–H and O–H groups in total. The van der Waals surface area contributed by atoms with Gasteiger partial charge in [0.05, 0.1) is 25.9 Å². The number of benzene rings is 1. The predicted octanol–water partition coefficient (Wildman–Crippen LogP) is 2.16. The van der Waals surface area contributed by atoms with E-state index in [0.717, 1.165) is 31.8 Å². The van der Waals surface area contributed by atoms with Crippen LogP contribution in [-0.4, -0.2) is 50.5 Å². The van der Waals surface area contributed by atoms with E-state index in [1.54, 1.807) is 13.2 Å². The molecular weight excluding hydrogens is 268 g/mol. The molecule has 0 aromatic heterocycles. The van der Waals surface area contributed by atoms with Crippen molar-refractivity contribution in [2.75, 3.05) is 39.1 Å². The lowest BCUT2D eigenvalue weighted by atomic mass is 10.2. The van der Waals surface area contributed by atoms with Gasteiger partial charge in [0.15, 0.2) is 11.5 Å². The van der Waals surface area contributed by atoms with E-state index in [4.69, 9.17) is 19.9 Å². The van der Waals surface area contributed by atoms with Crippen LogP contribution in [0.3, 0.4) is 0 Å². The molecule has 1 aliphatic rings. The molecule has 1 aromatic rings. The first-order valence-electron chi connectivity index (χ1n) is 7.52. The van der Waals surface area contributed by atoms with Crippen LogP contribution in [0.5, 0.6) is 11.5 Å². The van der Waals surface area contributed by atoms with E-state index in [-0.39, 0.29) is 0 Å². The van der Waals surface area contributed by atoms with Gasteiger partial charge in [0, 0.05) is 31.4 Å². The van der Waals surface area contributed by atoms with Gasteiger partial charge in [0.1, 0.15) is 0 Å². The first-order chi connectivity index (χ1) is 10.1. The normalized spacial score (nSPS) is 23.0. The fourth-order valence-electron chi connectivity index (χ4n) is 2.74. The summed E-state index contributed by atoms with van der Waals surface area (Å²) in [5, 5.41) is 0. The summed E-state index contributed by atoms with van der Waals surface area (Å²) in [7, 11) is 1.62. The molecule has 2 unspecified atom stereocenters. The van der Waals surface area contributed by atoms with Crippen molar-refractivity contribution >= 4 is 5.69 Å². The largest absolute Gasteiger partial charge is 0.493 e. The molecule has 21 heavy (non-hydrogen) atoms. The number of anilines is 1. The van der Waals surface area contributed by atoms with Gasteiger partial charge in [0.25, 0.3) is 0 Å². The quantitative estimate of drug-likeness (QED) is 0.643. The Bertz CT molecular complexity index is 443. The second-order valence-corrected chi connectivity index (χ2v) is 5.63. The first kappa shape index (κ1) is 15.9. The third kappa shape index (κ3) is 4.79. The standard InChI is InChI=1S/C16H26N2O3/c1-12-10-18(11-13(2)21-12)7-4-8-20-15-6-5-14(17)9-16(15)19-3/h5-6,9,12-13H,4,7-8,10-11,17H2,1-3H3. The van der Waals surface area contributed by atoms with E-state index >= 15 is 0 Å². The van der Waals surface area contributed by atoms with E-state index in [1.165, 1.54) is 0 Å². The van der Waals surface area contributed by atoms with Gasteiger partial charge in [-0.2, -0.15) is 0 Å². The Balaban J connectivity index is 1.74. The van der Waals surface area contributed by atoms with Crippen LogP contribution in [0.1, 0.15) is 20.3 Å². The van der Waals surface area contributed by atoms with Crippen molar-refractivity contribution in [3.8, 4) is 11.5 Å². The number of rotatable bonds is 6. The van der Waals surface area contributed by atoms with Crippen LogP contribution in [-0.2, 0) is 4.74 Å². The van der Waals surface area contributed by atoms with Crippen molar-refractivity contribution in [2.45, 2.75) is 32.5 Å². The summed E-state index contributed by atoms with van der Waals surface area (Å²) in [6.45, 7) is 7.93. The van der Waals surface area contributed by atoms with E-state index in [1.807, 2.05) is 12.1 Å². The first-order valence-corrected chi connectivity index (χ1v) is 7.52. The lowest BCUT2D eigenvalue weighted by Gasteiger charge is -2.35. The second-order valence-electron chi connectivity index (χ2n) is 5.63. The van der Waals surface area contributed by atoms with Gasteiger partial charge in [0.2, 0.25) is 0 Å². The van der Waals surface area contributed by atoms with E-state index < -0.39 is 0 Å². The van der Waals surface area contributed by atoms with Crippen LogP contribution in [0.4, 0.5) is 5.69 Å². The smallest absolute Gasteiger partial charge is 0.162 e.